The number of carbonyl (C=O) groups is 1. The largest absolute Gasteiger partial charge is 0.342 e. The second-order valence-corrected chi connectivity index (χ2v) is 8.64. The summed E-state index contributed by atoms with van der Waals surface area (Å²) in [7, 11) is 0. The van der Waals surface area contributed by atoms with Crippen LogP contribution in [-0.4, -0.2) is 28.9 Å². The van der Waals surface area contributed by atoms with E-state index in [-0.39, 0.29) is 5.91 Å². The Labute approximate surface area is 140 Å². The molecular formula is C17H22N2OS2. The maximum atomic E-state index is 12.7. The van der Waals surface area contributed by atoms with Gasteiger partial charge in [-0.25, -0.2) is 4.98 Å². The molecule has 1 aliphatic heterocycles. The molecule has 0 N–H and O–H groups in total. The average molecular weight is 335 g/mol. The lowest BCUT2D eigenvalue weighted by molar-refractivity contribution is -0.133. The number of carbonyl (C=O) groups excluding carboxylic acids is 1. The van der Waals surface area contributed by atoms with Crippen molar-refractivity contribution in [3.63, 3.8) is 0 Å². The van der Waals surface area contributed by atoms with Gasteiger partial charge < -0.3 is 4.90 Å². The van der Waals surface area contributed by atoms with Crippen molar-refractivity contribution in [1.82, 2.24) is 9.88 Å². The van der Waals surface area contributed by atoms with Gasteiger partial charge in [-0.05, 0) is 36.6 Å². The van der Waals surface area contributed by atoms with E-state index in [4.69, 9.17) is 0 Å². The van der Waals surface area contributed by atoms with E-state index < -0.39 is 0 Å². The van der Waals surface area contributed by atoms with Gasteiger partial charge in [-0.1, -0.05) is 19.9 Å². The molecule has 118 valence electrons. The molecule has 0 unspecified atom stereocenters. The number of hydrogen-bond acceptors (Lipinski definition) is 4. The fourth-order valence-electron chi connectivity index (χ4n) is 3.31. The fourth-order valence-corrected chi connectivity index (χ4v) is 5.06. The minimum absolute atomic E-state index is 0.250. The molecule has 3 rings (SSSR count). The summed E-state index contributed by atoms with van der Waals surface area (Å²) in [5.41, 5.74) is 1.00. The third kappa shape index (κ3) is 3.41. The first-order valence-electron chi connectivity index (χ1n) is 7.81. The Morgan fingerprint density at radius 3 is 2.73 bits per heavy atom. The molecule has 1 aliphatic rings. The van der Waals surface area contributed by atoms with Crippen molar-refractivity contribution in [3.05, 3.63) is 27.4 Å². The van der Waals surface area contributed by atoms with E-state index >= 15 is 0 Å². The molecule has 3 heterocycles. The zero-order chi connectivity index (χ0) is 15.7. The molecule has 1 fully saturated rings. The first kappa shape index (κ1) is 15.7. The van der Waals surface area contributed by atoms with Crippen LogP contribution in [0.15, 0.2) is 17.5 Å². The Balaban J connectivity index is 1.77. The van der Waals surface area contributed by atoms with Crippen molar-refractivity contribution in [1.29, 1.82) is 0 Å². The summed E-state index contributed by atoms with van der Waals surface area (Å²) < 4.78 is 0. The Morgan fingerprint density at radius 1 is 1.36 bits per heavy atom. The lowest BCUT2D eigenvalue weighted by atomic mass is 9.91. The summed E-state index contributed by atoms with van der Waals surface area (Å²) in [6.07, 6.45) is 1.71. The standard InChI is InChI=1S/C17H22N2OS2/c1-11-7-12(2)10-19(9-11)16(20)8-15-17(18-13(3)22-15)14-5-4-6-21-14/h4-6,11-12H,7-10H2,1-3H3/t11-,12+. The minimum atomic E-state index is 0.250. The number of aryl methyl sites for hydroxylation is 1. The maximum Gasteiger partial charge on any atom is 0.227 e. The zero-order valence-electron chi connectivity index (χ0n) is 13.3. The van der Waals surface area contributed by atoms with Gasteiger partial charge in [-0.2, -0.15) is 0 Å². The van der Waals surface area contributed by atoms with Crippen LogP contribution in [0.4, 0.5) is 0 Å². The van der Waals surface area contributed by atoms with E-state index in [1.165, 1.54) is 6.42 Å². The van der Waals surface area contributed by atoms with Crippen LogP contribution < -0.4 is 0 Å². The highest BCUT2D eigenvalue weighted by molar-refractivity contribution is 7.15. The van der Waals surface area contributed by atoms with E-state index in [1.807, 2.05) is 17.9 Å². The topological polar surface area (TPSA) is 33.2 Å². The summed E-state index contributed by atoms with van der Waals surface area (Å²) >= 11 is 3.34. The summed E-state index contributed by atoms with van der Waals surface area (Å²) in [5, 5.41) is 3.09. The molecule has 3 nitrogen and oxygen atoms in total. The maximum absolute atomic E-state index is 12.7. The molecule has 0 aromatic carbocycles. The number of thiazole rings is 1. The van der Waals surface area contributed by atoms with Crippen LogP contribution in [0.2, 0.25) is 0 Å². The van der Waals surface area contributed by atoms with Crippen molar-refractivity contribution in [2.24, 2.45) is 11.8 Å². The van der Waals surface area contributed by atoms with Crippen molar-refractivity contribution < 1.29 is 4.79 Å². The number of nitrogens with zero attached hydrogens (tertiary/aromatic N) is 2. The van der Waals surface area contributed by atoms with E-state index in [9.17, 15) is 4.79 Å². The van der Waals surface area contributed by atoms with Crippen LogP contribution in [-0.2, 0) is 11.2 Å². The van der Waals surface area contributed by atoms with Gasteiger partial charge in [0.15, 0.2) is 0 Å². The van der Waals surface area contributed by atoms with E-state index in [0.717, 1.165) is 33.5 Å². The Morgan fingerprint density at radius 2 is 2.09 bits per heavy atom. The zero-order valence-corrected chi connectivity index (χ0v) is 15.0. The van der Waals surface area contributed by atoms with Crippen LogP contribution in [0.5, 0.6) is 0 Å². The van der Waals surface area contributed by atoms with E-state index in [0.29, 0.717) is 18.3 Å². The highest BCUT2D eigenvalue weighted by Crippen LogP contribution is 2.32. The number of amides is 1. The summed E-state index contributed by atoms with van der Waals surface area (Å²) in [6, 6.07) is 4.12. The molecule has 2 aromatic heterocycles. The number of hydrogen-bond donors (Lipinski definition) is 0. The predicted octanol–water partition coefficient (Wildman–Crippen LogP) is 4.23. The van der Waals surface area contributed by atoms with Gasteiger partial charge in [0.2, 0.25) is 5.91 Å². The molecule has 0 radical (unpaired) electrons. The van der Waals surface area contributed by atoms with E-state index in [2.05, 4.69) is 30.3 Å². The van der Waals surface area contributed by atoms with Gasteiger partial charge in [0.05, 0.1) is 22.0 Å². The number of likely N-dealkylation sites (tertiary alicyclic amines) is 1. The van der Waals surface area contributed by atoms with Gasteiger partial charge in [-0.15, -0.1) is 22.7 Å². The molecule has 1 amide bonds. The van der Waals surface area contributed by atoms with Gasteiger partial charge in [0.25, 0.3) is 0 Å². The SMILES string of the molecule is Cc1nc(-c2cccs2)c(CC(=O)N2C[C@H](C)C[C@H](C)C2)s1. The third-order valence-electron chi connectivity index (χ3n) is 4.09. The Kier molecular flexibility index (Phi) is 4.64. The van der Waals surface area contributed by atoms with Crippen LogP contribution in [0.3, 0.4) is 0 Å². The summed E-state index contributed by atoms with van der Waals surface area (Å²) in [4.78, 5) is 21.7. The molecule has 5 heteroatoms. The number of piperidine rings is 1. The van der Waals surface area contributed by atoms with Crippen LogP contribution in [0.1, 0.15) is 30.2 Å². The van der Waals surface area contributed by atoms with Crippen molar-refractivity contribution >= 4 is 28.6 Å². The van der Waals surface area contributed by atoms with Gasteiger partial charge in [-0.3, -0.25) is 4.79 Å². The molecule has 2 aromatic rings. The number of thiophene rings is 1. The molecule has 1 saturated heterocycles. The second kappa shape index (κ2) is 6.50. The van der Waals surface area contributed by atoms with Crippen molar-refractivity contribution in [2.45, 2.75) is 33.6 Å². The van der Waals surface area contributed by atoms with Crippen LogP contribution in [0, 0.1) is 18.8 Å². The van der Waals surface area contributed by atoms with Crippen LogP contribution in [0.25, 0.3) is 10.6 Å². The van der Waals surface area contributed by atoms with Gasteiger partial charge >= 0.3 is 0 Å². The third-order valence-corrected chi connectivity index (χ3v) is 5.94. The molecule has 0 bridgehead atoms. The minimum Gasteiger partial charge on any atom is -0.342 e. The highest BCUT2D eigenvalue weighted by atomic mass is 32.1. The fraction of sp³-hybridized carbons (Fsp3) is 0.529. The van der Waals surface area contributed by atoms with E-state index in [1.54, 1.807) is 22.7 Å². The first-order valence-corrected chi connectivity index (χ1v) is 9.50. The molecule has 22 heavy (non-hydrogen) atoms. The molecule has 2 atom stereocenters. The lowest BCUT2D eigenvalue weighted by Crippen LogP contribution is -2.43. The van der Waals surface area contributed by atoms with Crippen LogP contribution >= 0.6 is 22.7 Å². The highest BCUT2D eigenvalue weighted by Gasteiger charge is 2.26. The average Bonchev–Trinajstić information content (AvgIpc) is 3.07. The molecule has 0 aliphatic carbocycles. The Bertz CT molecular complexity index is 638. The second-order valence-electron chi connectivity index (χ2n) is 6.40. The first-order chi connectivity index (χ1) is 10.5. The number of rotatable bonds is 3. The molecule has 0 saturated carbocycles. The molecule has 0 spiro atoms. The smallest absolute Gasteiger partial charge is 0.227 e. The lowest BCUT2D eigenvalue weighted by Gasteiger charge is -2.35. The van der Waals surface area contributed by atoms with Crippen molar-refractivity contribution in [3.8, 4) is 10.6 Å². The molecular weight excluding hydrogens is 312 g/mol. The van der Waals surface area contributed by atoms with Gasteiger partial charge in [0.1, 0.15) is 0 Å². The number of aromatic nitrogens is 1. The monoisotopic (exact) mass is 334 g/mol. The van der Waals surface area contributed by atoms with Gasteiger partial charge in [0, 0.05) is 18.0 Å². The Hall–Kier alpha value is -1.20. The predicted molar refractivity (Wildman–Crippen MR) is 93.4 cm³/mol. The summed E-state index contributed by atoms with van der Waals surface area (Å²) in [5.74, 6) is 1.46. The van der Waals surface area contributed by atoms with Crippen molar-refractivity contribution in [2.75, 3.05) is 13.1 Å². The quantitative estimate of drug-likeness (QED) is 0.842. The normalized spacial score (nSPS) is 22.0. The summed E-state index contributed by atoms with van der Waals surface area (Å²) in [6.45, 7) is 8.29.